The molecule has 0 radical (unpaired) electrons. The molecule has 2 N–H and O–H groups in total. The number of imidazole rings is 1. The second-order valence-electron chi connectivity index (χ2n) is 7.06. The van der Waals surface area contributed by atoms with Crippen molar-refractivity contribution in [1.82, 2.24) is 14.4 Å². The summed E-state index contributed by atoms with van der Waals surface area (Å²) in [6, 6.07) is 15.2. The lowest BCUT2D eigenvalue weighted by Crippen LogP contribution is -2.12. The molecule has 1 fully saturated rings. The van der Waals surface area contributed by atoms with Gasteiger partial charge in [0.05, 0.1) is 0 Å². The molecule has 0 spiro atoms. The zero-order valence-electron chi connectivity index (χ0n) is 15.2. The first-order valence-electron chi connectivity index (χ1n) is 9.35. The van der Waals surface area contributed by atoms with Gasteiger partial charge in [-0.2, -0.15) is 0 Å². The largest absolute Gasteiger partial charge is 0.457 e. The minimum absolute atomic E-state index is 0.494. The van der Waals surface area contributed by atoms with E-state index in [1.807, 2.05) is 48.7 Å². The molecular weight excluding hydrogens is 372 g/mol. The Balaban J connectivity index is 1.51. The zero-order chi connectivity index (χ0) is 19.1. The van der Waals surface area contributed by atoms with Gasteiger partial charge in [0, 0.05) is 28.9 Å². The Morgan fingerprint density at radius 2 is 1.89 bits per heavy atom. The molecule has 140 valence electrons. The number of fused-ring (bicyclic) bond motifs is 1. The van der Waals surface area contributed by atoms with Crippen LogP contribution in [-0.4, -0.2) is 14.4 Å². The van der Waals surface area contributed by atoms with Gasteiger partial charge in [0.2, 0.25) is 0 Å². The maximum Gasteiger partial charge on any atom is 0.150 e. The van der Waals surface area contributed by atoms with Crippen LogP contribution in [0.2, 0.25) is 5.02 Å². The van der Waals surface area contributed by atoms with E-state index in [2.05, 4.69) is 9.38 Å². The SMILES string of the molecule is Nc1nccn2c(C3CCC3)nc(-c3ccc(Oc4cccc(Cl)c4)cc3)c12. The lowest BCUT2D eigenvalue weighted by atomic mass is 9.85. The molecule has 2 aromatic heterocycles. The molecule has 0 aliphatic heterocycles. The van der Waals surface area contributed by atoms with Crippen LogP contribution in [0, 0.1) is 0 Å². The van der Waals surface area contributed by atoms with Crippen LogP contribution in [0.15, 0.2) is 60.9 Å². The third-order valence-corrected chi connectivity index (χ3v) is 5.48. The molecule has 1 saturated carbocycles. The lowest BCUT2D eigenvalue weighted by molar-refractivity contribution is 0.400. The first-order chi connectivity index (χ1) is 13.7. The summed E-state index contributed by atoms with van der Waals surface area (Å²) in [5.74, 6) is 3.50. The standard InChI is InChI=1S/C22H19ClN4O/c23-16-5-2-6-18(13-16)28-17-9-7-14(8-10-17)19-20-21(24)25-11-12-27(20)22(26-19)15-3-1-4-15/h2,5-13,15H,1,3-4H2,(H2,24,25). The zero-order valence-corrected chi connectivity index (χ0v) is 15.9. The van der Waals surface area contributed by atoms with Gasteiger partial charge in [-0.05, 0) is 55.3 Å². The summed E-state index contributed by atoms with van der Waals surface area (Å²) < 4.78 is 7.98. The van der Waals surface area contributed by atoms with Crippen LogP contribution in [0.1, 0.15) is 31.0 Å². The van der Waals surface area contributed by atoms with Gasteiger partial charge in [0.15, 0.2) is 0 Å². The summed E-state index contributed by atoms with van der Waals surface area (Å²) in [5.41, 5.74) is 8.92. The Hall–Kier alpha value is -3.05. The van der Waals surface area contributed by atoms with Crippen molar-refractivity contribution >= 4 is 22.9 Å². The van der Waals surface area contributed by atoms with Crippen molar-refractivity contribution in [3.63, 3.8) is 0 Å². The van der Waals surface area contributed by atoms with Crippen molar-refractivity contribution in [1.29, 1.82) is 0 Å². The molecule has 0 bridgehead atoms. The predicted octanol–water partition coefficient (Wildman–Crippen LogP) is 5.69. The Bertz CT molecular complexity index is 1150. The van der Waals surface area contributed by atoms with E-state index < -0.39 is 0 Å². The Morgan fingerprint density at radius 3 is 2.61 bits per heavy atom. The van der Waals surface area contributed by atoms with Crippen LogP contribution in [0.3, 0.4) is 0 Å². The van der Waals surface area contributed by atoms with Crippen molar-refractivity contribution in [3.05, 3.63) is 71.8 Å². The van der Waals surface area contributed by atoms with Gasteiger partial charge < -0.3 is 10.5 Å². The average molecular weight is 391 g/mol. The summed E-state index contributed by atoms with van der Waals surface area (Å²) in [5, 5.41) is 0.644. The fraction of sp³-hybridized carbons (Fsp3) is 0.182. The fourth-order valence-corrected chi connectivity index (χ4v) is 3.77. The number of nitrogens with two attached hydrogens (primary N) is 1. The fourth-order valence-electron chi connectivity index (χ4n) is 3.59. The average Bonchev–Trinajstić information content (AvgIpc) is 3.02. The van der Waals surface area contributed by atoms with Crippen molar-refractivity contribution in [2.24, 2.45) is 0 Å². The number of nitrogens with zero attached hydrogens (tertiary/aromatic N) is 3. The van der Waals surface area contributed by atoms with Gasteiger partial charge in [0.25, 0.3) is 0 Å². The van der Waals surface area contributed by atoms with E-state index in [4.69, 9.17) is 27.1 Å². The highest BCUT2D eigenvalue weighted by Crippen LogP contribution is 2.39. The van der Waals surface area contributed by atoms with Crippen molar-refractivity contribution in [3.8, 4) is 22.8 Å². The van der Waals surface area contributed by atoms with E-state index in [1.165, 1.54) is 19.3 Å². The molecule has 0 saturated heterocycles. The Kier molecular flexibility index (Phi) is 4.17. The molecule has 2 aromatic carbocycles. The summed E-state index contributed by atoms with van der Waals surface area (Å²) in [4.78, 5) is 9.22. The third-order valence-electron chi connectivity index (χ3n) is 5.24. The highest BCUT2D eigenvalue weighted by Gasteiger charge is 2.26. The minimum Gasteiger partial charge on any atom is -0.457 e. The van der Waals surface area contributed by atoms with Gasteiger partial charge in [-0.3, -0.25) is 4.40 Å². The summed E-state index contributed by atoms with van der Waals surface area (Å²) >= 11 is 6.02. The van der Waals surface area contributed by atoms with Crippen LogP contribution in [-0.2, 0) is 0 Å². The summed E-state index contributed by atoms with van der Waals surface area (Å²) in [6.07, 6.45) is 7.29. The molecule has 6 heteroatoms. The third kappa shape index (κ3) is 2.98. The molecule has 0 atom stereocenters. The molecule has 2 heterocycles. The maximum atomic E-state index is 6.20. The van der Waals surface area contributed by atoms with E-state index in [0.717, 1.165) is 28.3 Å². The summed E-state index contributed by atoms with van der Waals surface area (Å²) in [6.45, 7) is 0. The normalized spacial score (nSPS) is 14.2. The molecule has 4 aromatic rings. The van der Waals surface area contributed by atoms with Crippen LogP contribution in [0.25, 0.3) is 16.8 Å². The van der Waals surface area contributed by atoms with Gasteiger partial charge in [-0.15, -0.1) is 0 Å². The van der Waals surface area contributed by atoms with Crippen LogP contribution in [0.5, 0.6) is 11.5 Å². The monoisotopic (exact) mass is 390 g/mol. The van der Waals surface area contributed by atoms with Gasteiger partial charge >= 0.3 is 0 Å². The predicted molar refractivity (Wildman–Crippen MR) is 111 cm³/mol. The van der Waals surface area contributed by atoms with Gasteiger partial charge in [-0.1, -0.05) is 24.1 Å². The Labute approximate surface area is 167 Å². The first kappa shape index (κ1) is 17.1. The molecule has 1 aliphatic carbocycles. The highest BCUT2D eigenvalue weighted by molar-refractivity contribution is 6.30. The Morgan fingerprint density at radius 1 is 1.07 bits per heavy atom. The van der Waals surface area contributed by atoms with Crippen molar-refractivity contribution < 1.29 is 4.74 Å². The molecule has 1 aliphatic rings. The number of halogens is 1. The van der Waals surface area contributed by atoms with Crippen LogP contribution in [0.4, 0.5) is 5.82 Å². The number of hydrogen-bond donors (Lipinski definition) is 1. The number of ether oxygens (including phenoxy) is 1. The highest BCUT2D eigenvalue weighted by atomic mass is 35.5. The molecular formula is C22H19ClN4O. The number of hydrogen-bond acceptors (Lipinski definition) is 4. The van der Waals surface area contributed by atoms with E-state index in [9.17, 15) is 0 Å². The molecule has 0 amide bonds. The van der Waals surface area contributed by atoms with Crippen LogP contribution >= 0.6 is 11.6 Å². The first-order valence-corrected chi connectivity index (χ1v) is 9.73. The maximum absolute atomic E-state index is 6.20. The van der Waals surface area contributed by atoms with E-state index >= 15 is 0 Å². The smallest absolute Gasteiger partial charge is 0.150 e. The lowest BCUT2D eigenvalue weighted by Gasteiger charge is -2.23. The van der Waals surface area contributed by atoms with E-state index in [0.29, 0.717) is 22.5 Å². The molecule has 5 nitrogen and oxygen atoms in total. The number of rotatable bonds is 4. The second kappa shape index (κ2) is 6.84. The molecule has 5 rings (SSSR count). The second-order valence-corrected chi connectivity index (χ2v) is 7.50. The van der Waals surface area contributed by atoms with Gasteiger partial charge in [0.1, 0.15) is 34.4 Å². The van der Waals surface area contributed by atoms with E-state index in [-0.39, 0.29) is 0 Å². The topological polar surface area (TPSA) is 65.4 Å². The van der Waals surface area contributed by atoms with Gasteiger partial charge in [-0.25, -0.2) is 9.97 Å². The quantitative estimate of drug-likeness (QED) is 0.486. The number of anilines is 1. The van der Waals surface area contributed by atoms with E-state index in [1.54, 1.807) is 12.3 Å². The molecule has 0 unspecified atom stereocenters. The minimum atomic E-state index is 0.494. The number of benzene rings is 2. The number of aromatic nitrogens is 3. The van der Waals surface area contributed by atoms with Crippen LogP contribution < -0.4 is 10.5 Å². The summed E-state index contributed by atoms with van der Waals surface area (Å²) in [7, 11) is 0. The van der Waals surface area contributed by atoms with Crippen molar-refractivity contribution in [2.75, 3.05) is 5.73 Å². The molecule has 28 heavy (non-hydrogen) atoms. The number of nitrogen functional groups attached to an aromatic ring is 1. The van der Waals surface area contributed by atoms with Crippen molar-refractivity contribution in [2.45, 2.75) is 25.2 Å².